The second-order valence-corrected chi connectivity index (χ2v) is 2.71. The fraction of sp³-hybridized carbons (Fsp3) is 0.273. The molecule has 0 aliphatic heterocycles. The van der Waals surface area contributed by atoms with Gasteiger partial charge in [0, 0.05) is 6.42 Å². The number of rotatable bonds is 1. The summed E-state index contributed by atoms with van der Waals surface area (Å²) < 4.78 is 5.37. The van der Waals surface area contributed by atoms with Gasteiger partial charge in [-0.2, -0.15) is 0 Å². The summed E-state index contributed by atoms with van der Waals surface area (Å²) in [6.07, 6.45) is 2.63. The molecule has 0 spiro atoms. The maximum Gasteiger partial charge on any atom is 0.103 e. The number of aryl methyl sites for hydroxylation is 2. The van der Waals surface area contributed by atoms with Crippen molar-refractivity contribution in [2.24, 2.45) is 0 Å². The highest BCUT2D eigenvalue weighted by molar-refractivity contribution is 5.11. The van der Waals surface area contributed by atoms with Gasteiger partial charge in [0.2, 0.25) is 0 Å². The molecule has 0 aliphatic rings. The van der Waals surface area contributed by atoms with Gasteiger partial charge >= 0.3 is 0 Å². The van der Waals surface area contributed by atoms with Crippen LogP contribution in [0, 0.1) is 6.92 Å². The van der Waals surface area contributed by atoms with Gasteiger partial charge in [-0.05, 0) is 24.6 Å². The Balaban J connectivity index is 3.21. The van der Waals surface area contributed by atoms with Crippen molar-refractivity contribution in [3.63, 3.8) is 0 Å². The Morgan fingerprint density at radius 1 is 1.25 bits per heavy atom. The topological polar surface area (TPSA) is 13.1 Å². The summed E-state index contributed by atoms with van der Waals surface area (Å²) in [7, 11) is 0. The normalized spacial score (nSPS) is 9.17. The van der Waals surface area contributed by atoms with E-state index in [-0.39, 0.29) is 0 Å². The molecule has 0 aliphatic carbocycles. The summed E-state index contributed by atoms with van der Waals surface area (Å²) in [5, 5.41) is 0. The highest BCUT2D eigenvalue weighted by Crippen LogP contribution is 2.00. The molecule has 0 atom stereocenters. The molecular formula is C11H14O. The van der Waals surface area contributed by atoms with Gasteiger partial charge in [-0.1, -0.05) is 25.1 Å². The molecule has 1 rings (SSSR count). The predicted molar refractivity (Wildman–Crippen MR) is 50.5 cm³/mol. The van der Waals surface area contributed by atoms with Crippen molar-refractivity contribution in [1.82, 2.24) is 0 Å². The lowest BCUT2D eigenvalue weighted by molar-refractivity contribution is 0.502. The average molecular weight is 162 g/mol. The third-order valence-corrected chi connectivity index (χ3v) is 1.62. The standard InChI is InChI=1S/C11H14O/c1-3-11-9-10(2)7-5-4-6-8-12-11/h4-9H,3H2,1-2H3. The third-order valence-electron chi connectivity index (χ3n) is 1.62. The minimum atomic E-state index is 0.926. The fourth-order valence-corrected chi connectivity index (χ4v) is 0.965. The molecule has 64 valence electrons. The van der Waals surface area contributed by atoms with E-state index in [9.17, 15) is 0 Å². The highest BCUT2D eigenvalue weighted by atomic mass is 16.3. The van der Waals surface area contributed by atoms with Crippen molar-refractivity contribution in [3.8, 4) is 0 Å². The van der Waals surface area contributed by atoms with E-state index < -0.39 is 0 Å². The van der Waals surface area contributed by atoms with E-state index >= 15 is 0 Å². The summed E-state index contributed by atoms with van der Waals surface area (Å²) >= 11 is 0. The van der Waals surface area contributed by atoms with Crippen LogP contribution in [0.1, 0.15) is 18.2 Å². The molecule has 0 radical (unpaired) electrons. The van der Waals surface area contributed by atoms with Crippen LogP contribution < -0.4 is 0 Å². The van der Waals surface area contributed by atoms with Crippen LogP contribution in [-0.4, -0.2) is 0 Å². The minimum Gasteiger partial charge on any atom is -0.469 e. The average Bonchev–Trinajstić information content (AvgIpc) is 2.16. The molecule has 1 aromatic rings. The van der Waals surface area contributed by atoms with Gasteiger partial charge in [0.05, 0.1) is 6.26 Å². The Labute approximate surface area is 73.4 Å². The van der Waals surface area contributed by atoms with Gasteiger partial charge < -0.3 is 4.42 Å². The maximum absolute atomic E-state index is 5.37. The minimum absolute atomic E-state index is 0.926. The van der Waals surface area contributed by atoms with Crippen LogP contribution >= 0.6 is 0 Å². The maximum atomic E-state index is 5.37. The molecule has 0 fully saturated rings. The van der Waals surface area contributed by atoms with Gasteiger partial charge in [-0.15, -0.1) is 0 Å². The Kier molecular flexibility index (Phi) is 3.39. The van der Waals surface area contributed by atoms with Gasteiger partial charge in [-0.25, -0.2) is 0 Å². The van der Waals surface area contributed by atoms with Gasteiger partial charge in [0.1, 0.15) is 5.76 Å². The summed E-state index contributed by atoms with van der Waals surface area (Å²) in [5.41, 5.74) is 1.21. The first-order chi connectivity index (χ1) is 5.83. The lowest BCUT2D eigenvalue weighted by Gasteiger charge is -1.90. The molecular weight excluding hydrogens is 148 g/mol. The van der Waals surface area contributed by atoms with Crippen LogP contribution in [0.25, 0.3) is 0 Å². The molecule has 1 heterocycles. The summed E-state index contributed by atoms with van der Waals surface area (Å²) in [6.45, 7) is 4.15. The molecule has 0 saturated carbocycles. The molecule has 0 bridgehead atoms. The van der Waals surface area contributed by atoms with E-state index in [2.05, 4.69) is 26.0 Å². The quantitative estimate of drug-likeness (QED) is 0.617. The van der Waals surface area contributed by atoms with Crippen molar-refractivity contribution in [1.29, 1.82) is 0 Å². The fourth-order valence-electron chi connectivity index (χ4n) is 0.965. The second kappa shape index (κ2) is 4.60. The second-order valence-electron chi connectivity index (χ2n) is 2.71. The molecule has 1 heteroatoms. The zero-order chi connectivity index (χ0) is 8.81. The Morgan fingerprint density at radius 2 is 2.08 bits per heavy atom. The Hall–Kier alpha value is -1.24. The van der Waals surface area contributed by atoms with Crippen LogP contribution in [0.3, 0.4) is 0 Å². The smallest absolute Gasteiger partial charge is 0.103 e. The first-order valence-electron chi connectivity index (χ1n) is 4.20. The molecule has 1 aromatic heterocycles. The van der Waals surface area contributed by atoms with E-state index in [1.807, 2.05) is 18.2 Å². The van der Waals surface area contributed by atoms with Crippen LogP contribution in [0.4, 0.5) is 0 Å². The first kappa shape index (κ1) is 8.85. The van der Waals surface area contributed by atoms with Crippen LogP contribution in [0.2, 0.25) is 0 Å². The largest absolute Gasteiger partial charge is 0.469 e. The van der Waals surface area contributed by atoms with Crippen molar-refractivity contribution in [2.45, 2.75) is 20.3 Å². The van der Waals surface area contributed by atoms with Crippen molar-refractivity contribution in [3.05, 3.63) is 47.9 Å². The molecule has 0 N–H and O–H groups in total. The van der Waals surface area contributed by atoms with Gasteiger partial charge in [0.15, 0.2) is 0 Å². The zero-order valence-corrected chi connectivity index (χ0v) is 7.58. The molecule has 0 amide bonds. The van der Waals surface area contributed by atoms with E-state index in [1.165, 1.54) is 5.56 Å². The molecule has 0 saturated heterocycles. The molecule has 1 nitrogen and oxygen atoms in total. The van der Waals surface area contributed by atoms with Crippen LogP contribution in [-0.2, 0) is 6.42 Å². The van der Waals surface area contributed by atoms with Crippen LogP contribution in [0.5, 0.6) is 0 Å². The zero-order valence-electron chi connectivity index (χ0n) is 7.58. The van der Waals surface area contributed by atoms with Crippen LogP contribution in [0.15, 0.2) is 41.0 Å². The summed E-state index contributed by atoms with van der Waals surface area (Å²) in [5.74, 6) is 1.00. The number of hydrogen-bond acceptors (Lipinski definition) is 1. The van der Waals surface area contributed by atoms with Crippen molar-refractivity contribution < 1.29 is 4.42 Å². The molecule has 12 heavy (non-hydrogen) atoms. The molecule has 0 aromatic carbocycles. The summed E-state index contributed by atoms with van der Waals surface area (Å²) in [4.78, 5) is 0. The van der Waals surface area contributed by atoms with Gasteiger partial charge in [0.25, 0.3) is 0 Å². The van der Waals surface area contributed by atoms with Gasteiger partial charge in [-0.3, -0.25) is 0 Å². The Bertz CT molecular complexity index is 285. The number of hydrogen-bond donors (Lipinski definition) is 0. The monoisotopic (exact) mass is 162 g/mol. The van der Waals surface area contributed by atoms with E-state index in [0.717, 1.165) is 12.2 Å². The lowest BCUT2D eigenvalue weighted by atomic mass is 10.2. The Morgan fingerprint density at radius 3 is 2.83 bits per heavy atom. The third kappa shape index (κ3) is 2.79. The van der Waals surface area contributed by atoms with Crippen molar-refractivity contribution in [2.75, 3.05) is 0 Å². The van der Waals surface area contributed by atoms with Crippen molar-refractivity contribution >= 4 is 0 Å². The lowest BCUT2D eigenvalue weighted by Crippen LogP contribution is -1.74. The SMILES string of the molecule is CCc1cc(C)ccccco1. The van der Waals surface area contributed by atoms with E-state index in [1.54, 1.807) is 6.26 Å². The highest BCUT2D eigenvalue weighted by Gasteiger charge is 1.85. The predicted octanol–water partition coefficient (Wildman–Crippen LogP) is 3.27. The molecule has 0 unspecified atom stereocenters. The van der Waals surface area contributed by atoms with E-state index in [4.69, 9.17) is 4.42 Å². The summed E-state index contributed by atoms with van der Waals surface area (Å²) in [6, 6.07) is 9.97. The van der Waals surface area contributed by atoms with E-state index in [0.29, 0.717) is 0 Å². The first-order valence-corrected chi connectivity index (χ1v) is 4.20.